The smallest absolute Gasteiger partial charge is 0.105 e. The van der Waals surface area contributed by atoms with E-state index in [4.69, 9.17) is 5.26 Å². The topological polar surface area (TPSA) is 48.5 Å². The number of nitriles is 1. The van der Waals surface area contributed by atoms with Gasteiger partial charge in [-0.15, -0.1) is 0 Å². The Hall–Kier alpha value is -0.730. The molecule has 0 saturated carbocycles. The lowest BCUT2D eigenvalue weighted by molar-refractivity contribution is 0.552. The molecule has 0 unspecified atom stereocenters. The molecule has 84 valence electrons. The SMILES string of the molecule is CC(C)(C)N=Nc1cc(Br)cc(Br)c1C#N. The standard InChI is InChI=1S/C11H11Br2N3/c1-11(2,3)16-15-10-5-7(12)4-9(13)8(10)6-14/h4-5H,1-3H3. The van der Waals surface area contributed by atoms with E-state index in [0.717, 1.165) is 4.47 Å². The van der Waals surface area contributed by atoms with Crippen LogP contribution in [0.4, 0.5) is 5.69 Å². The van der Waals surface area contributed by atoms with Crippen molar-refractivity contribution >= 4 is 37.5 Å². The van der Waals surface area contributed by atoms with Crippen molar-refractivity contribution in [2.75, 3.05) is 0 Å². The maximum absolute atomic E-state index is 9.02. The first kappa shape index (κ1) is 13.3. The normalized spacial score (nSPS) is 11.8. The van der Waals surface area contributed by atoms with Crippen molar-refractivity contribution in [3.8, 4) is 6.07 Å². The molecular weight excluding hydrogens is 334 g/mol. The molecule has 0 N–H and O–H groups in total. The van der Waals surface area contributed by atoms with E-state index in [0.29, 0.717) is 15.7 Å². The average molecular weight is 345 g/mol. The number of azo groups is 1. The minimum absolute atomic E-state index is 0.248. The molecule has 1 rings (SSSR count). The molecule has 0 saturated heterocycles. The second-order valence-corrected chi connectivity index (χ2v) is 6.03. The zero-order valence-corrected chi connectivity index (χ0v) is 12.4. The van der Waals surface area contributed by atoms with Crippen molar-refractivity contribution < 1.29 is 0 Å². The summed E-state index contributed by atoms with van der Waals surface area (Å²) in [7, 11) is 0. The predicted octanol–water partition coefficient (Wildman–Crippen LogP) is 4.97. The van der Waals surface area contributed by atoms with Gasteiger partial charge in [-0.3, -0.25) is 0 Å². The van der Waals surface area contributed by atoms with Crippen LogP contribution in [-0.4, -0.2) is 5.54 Å². The van der Waals surface area contributed by atoms with E-state index >= 15 is 0 Å². The van der Waals surface area contributed by atoms with Crippen LogP contribution in [0, 0.1) is 11.3 Å². The molecule has 0 heterocycles. The van der Waals surface area contributed by atoms with Crippen molar-refractivity contribution in [2.24, 2.45) is 10.2 Å². The highest BCUT2D eigenvalue weighted by molar-refractivity contribution is 9.11. The van der Waals surface area contributed by atoms with E-state index in [1.54, 1.807) is 6.07 Å². The molecule has 5 heteroatoms. The van der Waals surface area contributed by atoms with Crippen LogP contribution in [0.25, 0.3) is 0 Å². The average Bonchev–Trinajstić information content (AvgIpc) is 2.12. The first-order chi connectivity index (χ1) is 7.33. The van der Waals surface area contributed by atoms with Gasteiger partial charge in [-0.25, -0.2) is 0 Å². The fourth-order valence-electron chi connectivity index (χ4n) is 0.953. The van der Waals surface area contributed by atoms with Crippen LogP contribution in [0.1, 0.15) is 26.3 Å². The van der Waals surface area contributed by atoms with Gasteiger partial charge in [-0.05, 0) is 48.8 Å². The lowest BCUT2D eigenvalue weighted by Gasteiger charge is -2.09. The predicted molar refractivity (Wildman–Crippen MR) is 70.8 cm³/mol. The van der Waals surface area contributed by atoms with Gasteiger partial charge in [0.1, 0.15) is 11.8 Å². The minimum Gasteiger partial charge on any atom is -0.192 e. The van der Waals surface area contributed by atoms with Crippen molar-refractivity contribution in [3.63, 3.8) is 0 Å². The number of rotatable bonds is 1. The molecule has 0 bridgehead atoms. The van der Waals surface area contributed by atoms with Crippen LogP contribution in [0.15, 0.2) is 31.3 Å². The van der Waals surface area contributed by atoms with E-state index in [1.165, 1.54) is 0 Å². The second-order valence-electron chi connectivity index (χ2n) is 4.26. The van der Waals surface area contributed by atoms with Gasteiger partial charge in [-0.1, -0.05) is 15.9 Å². The molecule has 0 spiro atoms. The van der Waals surface area contributed by atoms with E-state index in [1.807, 2.05) is 26.8 Å². The van der Waals surface area contributed by atoms with Crippen molar-refractivity contribution in [3.05, 3.63) is 26.6 Å². The third kappa shape index (κ3) is 3.69. The van der Waals surface area contributed by atoms with Crippen LogP contribution >= 0.6 is 31.9 Å². The van der Waals surface area contributed by atoms with Crippen LogP contribution < -0.4 is 0 Å². The quantitative estimate of drug-likeness (QED) is 0.664. The Bertz CT molecular complexity index is 467. The van der Waals surface area contributed by atoms with Crippen LogP contribution in [0.2, 0.25) is 0 Å². The maximum Gasteiger partial charge on any atom is 0.105 e. The van der Waals surface area contributed by atoms with E-state index in [9.17, 15) is 0 Å². The summed E-state index contributed by atoms with van der Waals surface area (Å²) in [6, 6.07) is 5.70. The van der Waals surface area contributed by atoms with Gasteiger partial charge < -0.3 is 0 Å². The Morgan fingerprint density at radius 2 is 1.88 bits per heavy atom. The number of halogens is 2. The summed E-state index contributed by atoms with van der Waals surface area (Å²) in [6.45, 7) is 5.86. The number of benzene rings is 1. The molecule has 0 amide bonds. The van der Waals surface area contributed by atoms with Crippen molar-refractivity contribution in [1.82, 2.24) is 0 Å². The summed E-state index contributed by atoms with van der Waals surface area (Å²) in [5.41, 5.74) is 0.816. The first-order valence-corrected chi connectivity index (χ1v) is 6.24. The molecule has 0 aliphatic carbocycles. The molecule has 3 nitrogen and oxygen atoms in total. The van der Waals surface area contributed by atoms with Gasteiger partial charge in [0, 0.05) is 8.95 Å². The zero-order valence-electron chi connectivity index (χ0n) is 9.25. The molecule has 1 aromatic carbocycles. The van der Waals surface area contributed by atoms with Crippen molar-refractivity contribution in [1.29, 1.82) is 5.26 Å². The Kier molecular flexibility index (Phi) is 4.22. The summed E-state index contributed by atoms with van der Waals surface area (Å²) < 4.78 is 1.58. The molecule has 0 aromatic heterocycles. The number of hydrogen-bond donors (Lipinski definition) is 0. The van der Waals surface area contributed by atoms with Gasteiger partial charge in [0.05, 0.1) is 11.1 Å². The molecule has 0 atom stereocenters. The highest BCUT2D eigenvalue weighted by Gasteiger charge is 2.10. The van der Waals surface area contributed by atoms with Gasteiger partial charge in [0.25, 0.3) is 0 Å². The van der Waals surface area contributed by atoms with Crippen molar-refractivity contribution in [2.45, 2.75) is 26.3 Å². The molecule has 0 fully saturated rings. The number of hydrogen-bond acceptors (Lipinski definition) is 3. The highest BCUT2D eigenvalue weighted by atomic mass is 79.9. The van der Waals surface area contributed by atoms with Crippen LogP contribution in [0.3, 0.4) is 0 Å². The van der Waals surface area contributed by atoms with Crippen LogP contribution in [-0.2, 0) is 0 Å². The first-order valence-electron chi connectivity index (χ1n) is 4.65. The van der Waals surface area contributed by atoms with E-state index in [2.05, 4.69) is 48.2 Å². The fourth-order valence-corrected chi connectivity index (χ4v) is 2.24. The Balaban J connectivity index is 3.24. The summed E-state index contributed by atoms with van der Waals surface area (Å²) in [5, 5.41) is 17.3. The third-order valence-corrected chi connectivity index (χ3v) is 2.69. The monoisotopic (exact) mass is 343 g/mol. The summed E-state index contributed by atoms with van der Waals surface area (Å²) >= 11 is 6.68. The molecular formula is C11H11Br2N3. The van der Waals surface area contributed by atoms with Crippen LogP contribution in [0.5, 0.6) is 0 Å². The highest BCUT2D eigenvalue weighted by Crippen LogP contribution is 2.31. The van der Waals surface area contributed by atoms with Gasteiger partial charge in [0.15, 0.2) is 0 Å². The molecule has 0 radical (unpaired) electrons. The molecule has 0 aliphatic heterocycles. The third-order valence-electron chi connectivity index (χ3n) is 1.60. The Labute approximate surface area is 112 Å². The molecule has 1 aromatic rings. The number of nitrogens with zero attached hydrogens (tertiary/aromatic N) is 3. The van der Waals surface area contributed by atoms with E-state index < -0.39 is 0 Å². The second kappa shape index (κ2) is 5.07. The Morgan fingerprint density at radius 1 is 1.25 bits per heavy atom. The van der Waals surface area contributed by atoms with Gasteiger partial charge >= 0.3 is 0 Å². The minimum atomic E-state index is -0.248. The Morgan fingerprint density at radius 3 is 2.38 bits per heavy atom. The fraction of sp³-hybridized carbons (Fsp3) is 0.364. The lowest BCUT2D eigenvalue weighted by Crippen LogP contribution is -2.07. The maximum atomic E-state index is 9.02. The lowest BCUT2D eigenvalue weighted by atomic mass is 10.1. The summed E-state index contributed by atoms with van der Waals surface area (Å²) in [6.07, 6.45) is 0. The summed E-state index contributed by atoms with van der Waals surface area (Å²) in [4.78, 5) is 0. The van der Waals surface area contributed by atoms with E-state index in [-0.39, 0.29) is 5.54 Å². The zero-order chi connectivity index (χ0) is 12.3. The van der Waals surface area contributed by atoms with Gasteiger partial charge in [-0.2, -0.15) is 15.5 Å². The summed E-state index contributed by atoms with van der Waals surface area (Å²) in [5.74, 6) is 0. The van der Waals surface area contributed by atoms with Gasteiger partial charge in [0.2, 0.25) is 0 Å². The molecule has 16 heavy (non-hydrogen) atoms. The largest absolute Gasteiger partial charge is 0.192 e. The molecule has 0 aliphatic rings.